The summed E-state index contributed by atoms with van der Waals surface area (Å²) in [6.07, 6.45) is 2.55. The van der Waals surface area contributed by atoms with E-state index in [9.17, 15) is 4.79 Å². The lowest BCUT2D eigenvalue weighted by atomic mass is 10.1. The molecule has 1 amide bonds. The van der Waals surface area contributed by atoms with E-state index in [0.717, 1.165) is 22.9 Å². The molecule has 0 unspecified atom stereocenters. The van der Waals surface area contributed by atoms with E-state index in [2.05, 4.69) is 47.5 Å². The number of amidine groups is 1. The van der Waals surface area contributed by atoms with E-state index in [0.29, 0.717) is 11.7 Å². The Morgan fingerprint density at radius 3 is 2.62 bits per heavy atom. The monoisotopic (exact) mass is 401 g/mol. The van der Waals surface area contributed by atoms with Crippen LogP contribution in [0.3, 0.4) is 0 Å². The standard InChI is InChI=1S/C24H23N3OS/c1-3-22-23(28)27(16-20-11-5-4-9-17(20)2)24(29-22)26-25-15-19-13-8-12-18-10-6-7-14-21(18)19/h4-15,22H,3,16H2,1-2H3/b25-15-,26-24+/t22-/m1/s1. The van der Waals surface area contributed by atoms with Crippen LogP contribution in [0.25, 0.3) is 10.8 Å². The first-order chi connectivity index (χ1) is 14.2. The summed E-state index contributed by atoms with van der Waals surface area (Å²) in [6.45, 7) is 4.62. The van der Waals surface area contributed by atoms with Gasteiger partial charge in [0.25, 0.3) is 0 Å². The highest BCUT2D eigenvalue weighted by atomic mass is 32.2. The number of carbonyl (C=O) groups is 1. The third-order valence-corrected chi connectivity index (χ3v) is 6.48. The second-order valence-corrected chi connectivity index (χ2v) is 8.23. The highest BCUT2D eigenvalue weighted by Gasteiger charge is 2.37. The largest absolute Gasteiger partial charge is 0.284 e. The van der Waals surface area contributed by atoms with Crippen LogP contribution in [0, 0.1) is 6.92 Å². The van der Waals surface area contributed by atoms with Gasteiger partial charge in [-0.1, -0.05) is 85.4 Å². The van der Waals surface area contributed by atoms with Crippen molar-refractivity contribution in [2.45, 2.75) is 32.1 Å². The van der Waals surface area contributed by atoms with Crippen molar-refractivity contribution in [3.05, 3.63) is 83.4 Å². The molecule has 1 heterocycles. The lowest BCUT2D eigenvalue weighted by Gasteiger charge is -2.17. The molecule has 3 aromatic rings. The minimum absolute atomic E-state index is 0.0921. The average Bonchev–Trinajstić information content (AvgIpc) is 3.04. The van der Waals surface area contributed by atoms with Crippen molar-refractivity contribution < 1.29 is 4.79 Å². The van der Waals surface area contributed by atoms with Gasteiger partial charge in [0.15, 0.2) is 5.17 Å². The summed E-state index contributed by atoms with van der Waals surface area (Å²) in [5, 5.41) is 11.7. The lowest BCUT2D eigenvalue weighted by molar-refractivity contribution is -0.126. The normalized spacial score (nSPS) is 18.4. The van der Waals surface area contributed by atoms with Gasteiger partial charge in [0.05, 0.1) is 18.0 Å². The molecule has 0 aliphatic carbocycles. The smallest absolute Gasteiger partial charge is 0.242 e. The van der Waals surface area contributed by atoms with Crippen LogP contribution in [-0.2, 0) is 11.3 Å². The van der Waals surface area contributed by atoms with Crippen molar-refractivity contribution in [1.82, 2.24) is 4.90 Å². The van der Waals surface area contributed by atoms with E-state index in [1.54, 1.807) is 11.1 Å². The molecule has 0 radical (unpaired) electrons. The summed E-state index contributed by atoms with van der Waals surface area (Å²) in [6, 6.07) is 22.5. The quantitative estimate of drug-likeness (QED) is 0.425. The molecule has 4 rings (SSSR count). The zero-order valence-corrected chi connectivity index (χ0v) is 17.4. The molecule has 0 aromatic heterocycles. The molecule has 1 atom stereocenters. The number of benzene rings is 3. The fraction of sp³-hybridized carbons (Fsp3) is 0.208. The minimum Gasteiger partial charge on any atom is -0.284 e. The van der Waals surface area contributed by atoms with Gasteiger partial charge in [-0.15, -0.1) is 5.10 Å². The number of rotatable bonds is 5. The summed E-state index contributed by atoms with van der Waals surface area (Å²) in [7, 11) is 0. The Labute approximate surface area is 175 Å². The molecule has 0 spiro atoms. The molecule has 1 saturated heterocycles. The molecular formula is C24H23N3OS. The fourth-order valence-corrected chi connectivity index (χ4v) is 4.48. The molecule has 29 heavy (non-hydrogen) atoms. The molecule has 4 nitrogen and oxygen atoms in total. The van der Waals surface area contributed by atoms with Gasteiger partial charge < -0.3 is 0 Å². The van der Waals surface area contributed by atoms with Crippen LogP contribution >= 0.6 is 11.8 Å². The van der Waals surface area contributed by atoms with Crippen molar-refractivity contribution in [2.75, 3.05) is 0 Å². The van der Waals surface area contributed by atoms with Gasteiger partial charge in [-0.3, -0.25) is 9.69 Å². The van der Waals surface area contributed by atoms with Crippen molar-refractivity contribution >= 4 is 39.8 Å². The molecule has 1 fully saturated rings. The molecule has 1 aliphatic heterocycles. The van der Waals surface area contributed by atoms with Gasteiger partial charge in [0.1, 0.15) is 0 Å². The number of nitrogens with zero attached hydrogens (tertiary/aromatic N) is 3. The van der Waals surface area contributed by atoms with E-state index in [4.69, 9.17) is 0 Å². The zero-order chi connectivity index (χ0) is 20.2. The highest BCUT2D eigenvalue weighted by Crippen LogP contribution is 2.31. The molecule has 0 N–H and O–H groups in total. The summed E-state index contributed by atoms with van der Waals surface area (Å²) in [5.41, 5.74) is 3.31. The third kappa shape index (κ3) is 4.10. The van der Waals surface area contributed by atoms with Crippen LogP contribution in [-0.4, -0.2) is 27.4 Å². The van der Waals surface area contributed by atoms with E-state index < -0.39 is 0 Å². The van der Waals surface area contributed by atoms with Crippen LogP contribution in [0.1, 0.15) is 30.0 Å². The maximum absolute atomic E-state index is 12.8. The third-order valence-electron chi connectivity index (χ3n) is 5.14. The SMILES string of the molecule is CC[C@H]1S/C(=N/N=C\c2cccc3ccccc23)N(Cc2ccccc2C)C1=O. The minimum atomic E-state index is -0.0921. The topological polar surface area (TPSA) is 45.0 Å². The maximum Gasteiger partial charge on any atom is 0.242 e. The van der Waals surface area contributed by atoms with Gasteiger partial charge >= 0.3 is 0 Å². The predicted molar refractivity (Wildman–Crippen MR) is 122 cm³/mol. The summed E-state index contributed by atoms with van der Waals surface area (Å²) >= 11 is 1.50. The Kier molecular flexibility index (Phi) is 5.76. The Hall–Kier alpha value is -2.92. The molecule has 146 valence electrons. The lowest BCUT2D eigenvalue weighted by Crippen LogP contribution is -2.31. The predicted octanol–water partition coefficient (Wildman–Crippen LogP) is 5.39. The van der Waals surface area contributed by atoms with Gasteiger partial charge in [0.2, 0.25) is 5.91 Å². The number of hydrogen-bond donors (Lipinski definition) is 0. The van der Waals surface area contributed by atoms with Gasteiger partial charge in [0, 0.05) is 5.56 Å². The average molecular weight is 402 g/mol. The summed E-state index contributed by atoms with van der Waals surface area (Å²) in [4.78, 5) is 14.6. The molecule has 5 heteroatoms. The fourth-order valence-electron chi connectivity index (χ4n) is 3.45. The first-order valence-corrected chi connectivity index (χ1v) is 10.7. The van der Waals surface area contributed by atoms with Crippen LogP contribution < -0.4 is 0 Å². The number of thioether (sulfide) groups is 1. The van der Waals surface area contributed by atoms with E-state index in [1.807, 2.05) is 43.3 Å². The van der Waals surface area contributed by atoms with Crippen molar-refractivity contribution in [3.63, 3.8) is 0 Å². The van der Waals surface area contributed by atoms with Crippen molar-refractivity contribution in [1.29, 1.82) is 0 Å². The van der Waals surface area contributed by atoms with Crippen molar-refractivity contribution in [3.8, 4) is 0 Å². The molecule has 0 bridgehead atoms. The molecule has 3 aromatic carbocycles. The van der Waals surface area contributed by atoms with E-state index in [-0.39, 0.29) is 11.2 Å². The number of carbonyl (C=O) groups excluding carboxylic acids is 1. The Morgan fingerprint density at radius 1 is 1.03 bits per heavy atom. The highest BCUT2D eigenvalue weighted by molar-refractivity contribution is 8.15. The van der Waals surface area contributed by atoms with Gasteiger partial charge in [-0.05, 0) is 35.2 Å². The maximum atomic E-state index is 12.8. The number of fused-ring (bicyclic) bond motifs is 1. The first kappa shape index (κ1) is 19.4. The molecule has 0 saturated carbocycles. The Morgan fingerprint density at radius 2 is 1.79 bits per heavy atom. The first-order valence-electron chi connectivity index (χ1n) is 9.78. The summed E-state index contributed by atoms with van der Waals surface area (Å²) < 4.78 is 0. The molecule has 1 aliphatic rings. The summed E-state index contributed by atoms with van der Waals surface area (Å²) in [5.74, 6) is 0.111. The Bertz CT molecular complexity index is 1100. The Balaban J connectivity index is 1.62. The zero-order valence-electron chi connectivity index (χ0n) is 16.6. The van der Waals surface area contributed by atoms with Crippen LogP contribution in [0.4, 0.5) is 0 Å². The van der Waals surface area contributed by atoms with E-state index >= 15 is 0 Å². The molecular weight excluding hydrogens is 378 g/mol. The second-order valence-electron chi connectivity index (χ2n) is 7.06. The number of aryl methyl sites for hydroxylation is 1. The van der Waals surface area contributed by atoms with Crippen LogP contribution in [0.5, 0.6) is 0 Å². The van der Waals surface area contributed by atoms with Gasteiger partial charge in [-0.2, -0.15) is 5.10 Å². The van der Waals surface area contributed by atoms with E-state index in [1.165, 1.54) is 22.7 Å². The number of hydrogen-bond acceptors (Lipinski definition) is 4. The van der Waals surface area contributed by atoms with Crippen LogP contribution in [0.2, 0.25) is 0 Å². The van der Waals surface area contributed by atoms with Crippen molar-refractivity contribution in [2.24, 2.45) is 10.2 Å². The number of amides is 1. The second kappa shape index (κ2) is 8.62. The van der Waals surface area contributed by atoms with Crippen LogP contribution in [0.15, 0.2) is 76.9 Å². The van der Waals surface area contributed by atoms with Gasteiger partial charge in [-0.25, -0.2) is 0 Å².